The quantitative estimate of drug-likeness (QED) is 0.669. The second-order valence-electron chi connectivity index (χ2n) is 4.52. The van der Waals surface area contributed by atoms with Gasteiger partial charge in [-0.05, 0) is 35.0 Å². The monoisotopic (exact) mass is 346 g/mol. The Morgan fingerprint density at radius 1 is 1.23 bits per heavy atom. The van der Waals surface area contributed by atoms with E-state index >= 15 is 0 Å². The number of hydrogen-bond acceptors (Lipinski definition) is 5. The Hall–Kier alpha value is -0.844. The molecule has 1 N–H and O–H groups in total. The molecule has 2 aromatic rings. The fourth-order valence-electron chi connectivity index (χ4n) is 2.20. The maximum Gasteiger partial charge on any atom is 1.00 e. The molecule has 1 heterocycles. The van der Waals surface area contributed by atoms with E-state index in [2.05, 4.69) is 4.72 Å². The molecule has 3 rings (SSSR count). The third-order valence-corrected chi connectivity index (χ3v) is 4.50. The number of carbonyl (C=O) groups excluding carboxylic acids is 1. The Labute approximate surface area is 169 Å². The molecule has 110 valence electrons. The molecule has 1 aliphatic heterocycles. The van der Waals surface area contributed by atoms with Crippen molar-refractivity contribution < 1.29 is 74.4 Å². The summed E-state index contributed by atoms with van der Waals surface area (Å²) in [5.74, 6) is -0.398. The second kappa shape index (κ2) is 6.34. The minimum Gasteiger partial charge on any atom is -0.526 e. The number of amides is 1. The number of phenols is 1. The molecule has 1 saturated heterocycles. The predicted molar refractivity (Wildman–Crippen MR) is 76.8 cm³/mol. The number of nitrogens with zero attached hydrogens (tertiary/aromatic N) is 2. The van der Waals surface area contributed by atoms with Gasteiger partial charge in [-0.15, -0.1) is 0 Å². The van der Waals surface area contributed by atoms with E-state index in [4.69, 9.17) is 4.74 Å². The molecule has 0 spiro atoms. The molecule has 0 bridgehead atoms. The van der Waals surface area contributed by atoms with Gasteiger partial charge in [0, 0.05) is 0 Å². The Morgan fingerprint density at radius 2 is 1.95 bits per heavy atom. The van der Waals surface area contributed by atoms with Crippen LogP contribution in [0, 0.1) is 0 Å². The molecule has 0 unspecified atom stereocenters. The van der Waals surface area contributed by atoms with Crippen molar-refractivity contribution in [1.29, 1.82) is 0 Å². The Morgan fingerprint density at radius 3 is 2.55 bits per heavy atom. The van der Waals surface area contributed by atoms with Crippen LogP contribution in [0.1, 0.15) is 0 Å². The van der Waals surface area contributed by atoms with Gasteiger partial charge in [0.2, 0.25) is 0 Å². The summed E-state index contributed by atoms with van der Waals surface area (Å²) < 4.78 is 32.5. The third kappa shape index (κ3) is 3.10. The summed E-state index contributed by atoms with van der Waals surface area (Å²) in [5, 5.41) is 11.4. The average Bonchev–Trinajstić information content (AvgIpc) is 2.70. The largest absolute Gasteiger partial charge is 1.00 e. The Bertz CT molecular complexity index is 853. The van der Waals surface area contributed by atoms with E-state index in [1.54, 1.807) is 18.2 Å². The van der Waals surface area contributed by atoms with Gasteiger partial charge in [-0.1, -0.05) is 6.07 Å². The first-order valence-electron chi connectivity index (χ1n) is 6.00. The summed E-state index contributed by atoms with van der Waals surface area (Å²) in [6.07, 6.45) is 0. The van der Waals surface area contributed by atoms with Crippen LogP contribution in [-0.4, -0.2) is 33.1 Å². The molecule has 9 heteroatoms. The van der Waals surface area contributed by atoms with Gasteiger partial charge in [0.05, 0.1) is 25.2 Å². The Balaban J connectivity index is 0.00000176. The van der Waals surface area contributed by atoms with Crippen LogP contribution in [0.15, 0.2) is 30.3 Å². The topological polar surface area (TPSA) is 98.0 Å². The van der Waals surface area contributed by atoms with Gasteiger partial charge in [-0.2, -0.15) is 0 Å². The summed E-state index contributed by atoms with van der Waals surface area (Å²) in [5.41, 5.74) is 0.0188. The number of rotatable bonds is 2. The number of carbonyl (C=O) groups is 1. The zero-order valence-electron chi connectivity index (χ0n) is 12.0. The van der Waals surface area contributed by atoms with Crippen molar-refractivity contribution in [3.8, 4) is 11.5 Å². The first-order chi connectivity index (χ1) is 9.90. The minimum absolute atomic E-state index is 0. The molecular weight excluding hydrogens is 335 g/mol. The molecule has 0 aromatic heterocycles. The fraction of sp³-hybridized carbons (Fsp3) is 0.154. The van der Waals surface area contributed by atoms with Gasteiger partial charge in [-0.3, -0.25) is 4.31 Å². The van der Waals surface area contributed by atoms with Gasteiger partial charge in [-0.25, -0.2) is 8.42 Å². The van der Waals surface area contributed by atoms with Crippen molar-refractivity contribution in [2.75, 3.05) is 18.0 Å². The molecule has 0 saturated carbocycles. The van der Waals surface area contributed by atoms with Crippen molar-refractivity contribution in [2.45, 2.75) is 0 Å². The summed E-state index contributed by atoms with van der Waals surface area (Å²) in [7, 11) is -2.56. The number of ether oxygens (including phenoxy) is 1. The van der Waals surface area contributed by atoms with Gasteiger partial charge >= 0.3 is 51.4 Å². The SMILES string of the molecule is COc1ccc2cc(O)c(N3CC(=O)[N-]S3(=O)=O)cc2c1.[K+]. The molecule has 0 aliphatic carbocycles. The number of phenolic OH excluding ortho intramolecular Hbond substituents is 1. The van der Waals surface area contributed by atoms with Crippen molar-refractivity contribution >= 4 is 32.6 Å². The maximum atomic E-state index is 11.8. The number of fused-ring (bicyclic) bond motifs is 1. The van der Waals surface area contributed by atoms with E-state index in [0.717, 1.165) is 9.69 Å². The van der Waals surface area contributed by atoms with Crippen molar-refractivity contribution in [2.24, 2.45) is 0 Å². The molecule has 1 amide bonds. The number of methoxy groups -OCH3 is 1. The van der Waals surface area contributed by atoms with Crippen molar-refractivity contribution in [1.82, 2.24) is 0 Å². The summed E-state index contributed by atoms with van der Waals surface area (Å²) in [4.78, 5) is 11.2. The smallest absolute Gasteiger partial charge is 0.526 e. The summed E-state index contributed by atoms with van der Waals surface area (Å²) >= 11 is 0. The van der Waals surface area contributed by atoms with E-state index in [1.807, 2.05) is 0 Å². The number of benzene rings is 2. The number of hydrogen-bond donors (Lipinski definition) is 1. The minimum atomic E-state index is -4.08. The normalized spacial score (nSPS) is 16.2. The molecule has 1 aliphatic rings. The molecule has 0 atom stereocenters. The zero-order chi connectivity index (χ0) is 15.2. The van der Waals surface area contributed by atoms with Gasteiger partial charge in [0.15, 0.2) is 10.2 Å². The molecule has 7 nitrogen and oxygen atoms in total. The molecule has 0 radical (unpaired) electrons. The zero-order valence-corrected chi connectivity index (χ0v) is 15.9. The van der Waals surface area contributed by atoms with Gasteiger partial charge in [0.25, 0.3) is 0 Å². The van der Waals surface area contributed by atoms with Crippen LogP contribution < -0.4 is 60.4 Å². The van der Waals surface area contributed by atoms with Crippen LogP contribution in [-0.2, 0) is 15.0 Å². The number of aromatic hydroxyl groups is 1. The molecule has 1 fully saturated rings. The first kappa shape index (κ1) is 17.5. The van der Waals surface area contributed by atoms with E-state index in [1.165, 1.54) is 19.2 Å². The van der Waals surface area contributed by atoms with Crippen LogP contribution in [0.3, 0.4) is 0 Å². The molecule has 2 aromatic carbocycles. The third-order valence-electron chi connectivity index (χ3n) is 3.18. The summed E-state index contributed by atoms with van der Waals surface area (Å²) in [6.45, 7) is -0.411. The predicted octanol–water partition coefficient (Wildman–Crippen LogP) is -1.48. The average molecular weight is 346 g/mol. The van der Waals surface area contributed by atoms with Crippen LogP contribution >= 0.6 is 0 Å². The Kier molecular flexibility index (Phi) is 5.05. The standard InChI is InChI=1S/C13H12N2O5S.K/c1-20-10-3-2-8-6-12(16)11(5-9(8)4-10)15-7-13(17)14-21(15,18)19;/h2-6H,7H2,1H3,(H2,14,16,17);/q;+1/p-1. The number of anilines is 1. The van der Waals surface area contributed by atoms with Gasteiger partial charge < -0.3 is 19.4 Å². The summed E-state index contributed by atoms with van der Waals surface area (Å²) in [6, 6.07) is 8.10. The van der Waals surface area contributed by atoms with Crippen LogP contribution in [0.25, 0.3) is 15.5 Å². The van der Waals surface area contributed by atoms with E-state index in [-0.39, 0.29) is 62.8 Å². The van der Waals surface area contributed by atoms with E-state index in [9.17, 15) is 18.3 Å². The fourth-order valence-corrected chi connectivity index (χ4v) is 3.28. The molecular formula is C13H11KN2O5S. The van der Waals surface area contributed by atoms with Crippen molar-refractivity contribution in [3.05, 3.63) is 35.1 Å². The maximum absolute atomic E-state index is 11.8. The van der Waals surface area contributed by atoms with E-state index < -0.39 is 22.7 Å². The molecule has 22 heavy (non-hydrogen) atoms. The van der Waals surface area contributed by atoms with Crippen molar-refractivity contribution in [3.63, 3.8) is 0 Å². The second-order valence-corrected chi connectivity index (χ2v) is 6.04. The van der Waals surface area contributed by atoms with Crippen LogP contribution in [0.4, 0.5) is 5.69 Å². The van der Waals surface area contributed by atoms with E-state index in [0.29, 0.717) is 11.1 Å². The first-order valence-corrected chi connectivity index (χ1v) is 7.40. The van der Waals surface area contributed by atoms with Gasteiger partial charge in [0.1, 0.15) is 11.5 Å². The van der Waals surface area contributed by atoms with Crippen LogP contribution in [0.5, 0.6) is 11.5 Å². The van der Waals surface area contributed by atoms with Crippen LogP contribution in [0.2, 0.25) is 0 Å².